The minimum absolute atomic E-state index is 0.190. The molecule has 0 amide bonds. The lowest BCUT2D eigenvalue weighted by molar-refractivity contribution is -0.385. The molecule has 2 aromatic carbocycles. The smallest absolute Gasteiger partial charge is 0.258 e. The molecule has 132 valence electrons. The Morgan fingerprint density at radius 1 is 1.20 bits per heavy atom. The number of nitrogens with one attached hydrogen (secondary N) is 1. The van der Waals surface area contributed by atoms with Gasteiger partial charge in [0.1, 0.15) is 0 Å². The molecule has 0 aliphatic rings. The van der Waals surface area contributed by atoms with Crippen LogP contribution in [0.15, 0.2) is 58.5 Å². The first kappa shape index (κ1) is 18.6. The number of hydrogen-bond donors (Lipinski definition) is 1. The first-order valence-corrected chi connectivity index (χ1v) is 9.12. The van der Waals surface area contributed by atoms with Crippen molar-refractivity contribution in [2.24, 2.45) is 5.10 Å². The van der Waals surface area contributed by atoms with E-state index in [1.807, 2.05) is 30.3 Å². The summed E-state index contributed by atoms with van der Waals surface area (Å²) in [6.07, 6.45) is 1.34. The van der Waals surface area contributed by atoms with E-state index in [2.05, 4.69) is 9.93 Å². The Balaban J connectivity index is 2.08. The number of hydrazone groups is 1. The summed E-state index contributed by atoms with van der Waals surface area (Å²) in [5.41, 5.74) is 1.90. The van der Waals surface area contributed by atoms with Gasteiger partial charge in [-0.15, -0.1) is 0 Å². The van der Waals surface area contributed by atoms with Crippen LogP contribution in [0.3, 0.4) is 0 Å². The average molecular weight is 361 g/mol. The fraction of sp³-hybridized carbons (Fsp3) is 0.235. The molecule has 0 heterocycles. The van der Waals surface area contributed by atoms with E-state index in [1.54, 1.807) is 13.8 Å². The Labute approximate surface area is 146 Å². The number of nitrogens with zero attached hydrogens (tertiary/aromatic N) is 2. The Kier molecular flexibility index (Phi) is 5.87. The number of benzene rings is 2. The molecule has 0 aliphatic carbocycles. The van der Waals surface area contributed by atoms with Crippen molar-refractivity contribution in [3.63, 3.8) is 0 Å². The maximum atomic E-state index is 12.3. The second kappa shape index (κ2) is 7.89. The van der Waals surface area contributed by atoms with Gasteiger partial charge in [0.2, 0.25) is 0 Å². The van der Waals surface area contributed by atoms with E-state index >= 15 is 0 Å². The summed E-state index contributed by atoms with van der Waals surface area (Å²) in [6.45, 7) is 3.27. The number of nitro benzene ring substituents is 1. The molecule has 2 aromatic rings. The Bertz CT molecular complexity index is 893. The molecule has 8 heteroatoms. The third-order valence-corrected chi connectivity index (χ3v) is 4.87. The molecular formula is C17H19N3O4S. The maximum Gasteiger partial charge on any atom is 0.276 e. The molecule has 0 aromatic heterocycles. The lowest BCUT2D eigenvalue weighted by Gasteiger charge is -2.06. The number of hydrogen-bond acceptors (Lipinski definition) is 5. The third kappa shape index (κ3) is 5.12. The van der Waals surface area contributed by atoms with Crippen LogP contribution in [0, 0.1) is 17.0 Å². The summed E-state index contributed by atoms with van der Waals surface area (Å²) in [4.78, 5) is 12.3. The summed E-state index contributed by atoms with van der Waals surface area (Å²) in [5, 5.41) is 14.8. The van der Waals surface area contributed by atoms with Crippen LogP contribution < -0.4 is 4.83 Å². The fourth-order valence-electron chi connectivity index (χ4n) is 2.17. The Hall–Kier alpha value is -2.74. The summed E-state index contributed by atoms with van der Waals surface area (Å²) in [5.74, 6) is 0. The first-order chi connectivity index (χ1) is 11.8. The molecule has 0 fully saturated rings. The molecule has 25 heavy (non-hydrogen) atoms. The van der Waals surface area contributed by atoms with Crippen molar-refractivity contribution in [3.05, 3.63) is 69.8 Å². The molecule has 7 nitrogen and oxygen atoms in total. The van der Waals surface area contributed by atoms with Crippen molar-refractivity contribution in [2.75, 3.05) is 0 Å². The fourth-order valence-corrected chi connectivity index (χ4v) is 3.06. The van der Waals surface area contributed by atoms with Crippen LogP contribution in [-0.4, -0.2) is 19.1 Å². The van der Waals surface area contributed by atoms with E-state index in [-0.39, 0.29) is 10.6 Å². The van der Waals surface area contributed by atoms with E-state index in [4.69, 9.17) is 0 Å². The van der Waals surface area contributed by atoms with Crippen LogP contribution in [-0.2, 0) is 16.4 Å². The normalized spacial score (nSPS) is 12.0. The predicted molar refractivity (Wildman–Crippen MR) is 96.0 cm³/mol. The van der Waals surface area contributed by atoms with Crippen LogP contribution in [0.25, 0.3) is 0 Å². The molecule has 2 rings (SSSR count). The highest BCUT2D eigenvalue weighted by molar-refractivity contribution is 7.89. The molecule has 0 atom stereocenters. The summed E-state index contributed by atoms with van der Waals surface area (Å²) < 4.78 is 24.5. The summed E-state index contributed by atoms with van der Waals surface area (Å²) >= 11 is 0. The van der Waals surface area contributed by atoms with Gasteiger partial charge in [0, 0.05) is 17.3 Å². The van der Waals surface area contributed by atoms with Crippen molar-refractivity contribution >= 4 is 21.4 Å². The van der Waals surface area contributed by atoms with E-state index < -0.39 is 14.9 Å². The van der Waals surface area contributed by atoms with Crippen LogP contribution in [0.5, 0.6) is 0 Å². The zero-order chi connectivity index (χ0) is 18.4. The van der Waals surface area contributed by atoms with Gasteiger partial charge in [-0.05, 0) is 38.3 Å². The number of rotatable bonds is 7. The highest BCUT2D eigenvalue weighted by Crippen LogP contribution is 2.22. The second-order valence-electron chi connectivity index (χ2n) is 5.63. The van der Waals surface area contributed by atoms with Gasteiger partial charge in [0.05, 0.1) is 9.82 Å². The molecule has 0 aliphatic heterocycles. The van der Waals surface area contributed by atoms with E-state index in [0.29, 0.717) is 17.7 Å². The summed E-state index contributed by atoms with van der Waals surface area (Å²) in [7, 11) is -3.95. The van der Waals surface area contributed by atoms with Gasteiger partial charge < -0.3 is 0 Å². The van der Waals surface area contributed by atoms with Gasteiger partial charge in [-0.1, -0.05) is 36.4 Å². The van der Waals surface area contributed by atoms with Crippen LogP contribution >= 0.6 is 0 Å². The van der Waals surface area contributed by atoms with Gasteiger partial charge in [-0.2, -0.15) is 13.5 Å². The lowest BCUT2D eigenvalue weighted by atomic mass is 10.1. The number of nitro groups is 1. The minimum Gasteiger partial charge on any atom is -0.258 e. The molecular weight excluding hydrogens is 342 g/mol. The predicted octanol–water partition coefficient (Wildman–Crippen LogP) is 3.19. The van der Waals surface area contributed by atoms with Crippen molar-refractivity contribution < 1.29 is 13.3 Å². The average Bonchev–Trinajstić information content (AvgIpc) is 2.59. The van der Waals surface area contributed by atoms with Crippen LogP contribution in [0.1, 0.15) is 24.5 Å². The zero-order valence-corrected chi connectivity index (χ0v) is 14.8. The first-order valence-electron chi connectivity index (χ1n) is 7.63. The van der Waals surface area contributed by atoms with Gasteiger partial charge in [-0.25, -0.2) is 4.83 Å². The Morgan fingerprint density at radius 2 is 1.88 bits per heavy atom. The van der Waals surface area contributed by atoms with Crippen molar-refractivity contribution in [3.8, 4) is 0 Å². The SMILES string of the molecule is C/C(CCc1ccccc1)=N/NS(=O)(=O)c1ccc(C)c([N+](=O)[O-])c1. The molecule has 0 bridgehead atoms. The quantitative estimate of drug-likeness (QED) is 0.465. The summed E-state index contributed by atoms with van der Waals surface area (Å²) in [6, 6.07) is 13.5. The topological polar surface area (TPSA) is 102 Å². The van der Waals surface area contributed by atoms with Crippen LogP contribution in [0.2, 0.25) is 0 Å². The molecule has 0 radical (unpaired) electrons. The van der Waals surface area contributed by atoms with E-state index in [0.717, 1.165) is 18.1 Å². The monoisotopic (exact) mass is 361 g/mol. The van der Waals surface area contributed by atoms with Crippen molar-refractivity contribution in [1.82, 2.24) is 4.83 Å². The highest BCUT2D eigenvalue weighted by atomic mass is 32.2. The zero-order valence-electron chi connectivity index (χ0n) is 14.0. The third-order valence-electron chi connectivity index (χ3n) is 3.66. The number of sulfonamides is 1. The largest absolute Gasteiger partial charge is 0.276 e. The van der Waals surface area contributed by atoms with E-state index in [9.17, 15) is 18.5 Å². The molecule has 0 unspecified atom stereocenters. The lowest BCUT2D eigenvalue weighted by Crippen LogP contribution is -2.20. The van der Waals surface area contributed by atoms with Gasteiger partial charge in [0.25, 0.3) is 15.7 Å². The second-order valence-corrected chi connectivity index (χ2v) is 7.29. The maximum absolute atomic E-state index is 12.3. The van der Waals surface area contributed by atoms with Crippen LogP contribution in [0.4, 0.5) is 5.69 Å². The van der Waals surface area contributed by atoms with Crippen molar-refractivity contribution in [1.29, 1.82) is 0 Å². The Morgan fingerprint density at radius 3 is 2.52 bits per heavy atom. The minimum atomic E-state index is -3.95. The molecule has 1 N–H and O–H groups in total. The molecule has 0 saturated heterocycles. The molecule has 0 saturated carbocycles. The number of aryl methyl sites for hydroxylation is 2. The van der Waals surface area contributed by atoms with E-state index in [1.165, 1.54) is 12.1 Å². The van der Waals surface area contributed by atoms with Crippen molar-refractivity contribution in [2.45, 2.75) is 31.6 Å². The molecule has 0 spiro atoms. The van der Waals surface area contributed by atoms with Gasteiger partial charge >= 0.3 is 0 Å². The van der Waals surface area contributed by atoms with Gasteiger partial charge in [0.15, 0.2) is 0 Å². The highest BCUT2D eigenvalue weighted by Gasteiger charge is 2.19. The van der Waals surface area contributed by atoms with Gasteiger partial charge in [-0.3, -0.25) is 10.1 Å². The standard InChI is InChI=1S/C17H19N3O4S/c1-13-8-11-16(12-17(13)20(21)22)25(23,24)19-18-14(2)9-10-15-6-4-3-5-7-15/h3-8,11-12,19H,9-10H2,1-2H3/b18-14-.